The summed E-state index contributed by atoms with van der Waals surface area (Å²) in [4.78, 5) is 15.7. The van der Waals surface area contributed by atoms with Gasteiger partial charge in [0.25, 0.3) is 0 Å². The molecule has 1 atom stereocenters. The normalized spacial score (nSPS) is 17.1. The molecule has 1 aliphatic rings. The van der Waals surface area contributed by atoms with Crippen LogP contribution in [0.15, 0.2) is 24.3 Å². The summed E-state index contributed by atoms with van der Waals surface area (Å²) in [5, 5.41) is 7.62. The molecule has 0 unspecified atom stereocenters. The molecule has 0 spiro atoms. The topological polar surface area (TPSA) is 56.9 Å². The minimum absolute atomic E-state index is 0. The van der Waals surface area contributed by atoms with E-state index < -0.39 is 0 Å². The summed E-state index contributed by atoms with van der Waals surface area (Å²) in [6.07, 6.45) is 1.78. The average Bonchev–Trinajstić information content (AvgIpc) is 2.84. The quantitative estimate of drug-likeness (QED) is 0.811. The third kappa shape index (κ3) is 3.45. The van der Waals surface area contributed by atoms with E-state index >= 15 is 0 Å². The van der Waals surface area contributed by atoms with Crippen molar-refractivity contribution in [2.75, 3.05) is 6.54 Å². The van der Waals surface area contributed by atoms with Gasteiger partial charge >= 0.3 is 0 Å². The van der Waals surface area contributed by atoms with Gasteiger partial charge in [0.1, 0.15) is 0 Å². The van der Waals surface area contributed by atoms with Crippen molar-refractivity contribution in [1.82, 2.24) is 15.6 Å². The monoisotopic (exact) mass is 321 g/mol. The van der Waals surface area contributed by atoms with Gasteiger partial charge in [-0.25, -0.2) is 0 Å². The second-order valence-electron chi connectivity index (χ2n) is 6.24. The molecule has 0 bridgehead atoms. The first-order valence-corrected chi connectivity index (χ1v) is 7.74. The summed E-state index contributed by atoms with van der Waals surface area (Å²) in [6, 6.07) is 8.18. The zero-order valence-corrected chi connectivity index (χ0v) is 13.9. The van der Waals surface area contributed by atoms with Crippen LogP contribution in [0.1, 0.15) is 31.5 Å². The van der Waals surface area contributed by atoms with E-state index in [1.807, 2.05) is 6.07 Å². The number of nitrogens with one attached hydrogen (secondary N) is 3. The SMILES string of the molecule is CC(C)CCNC(=O)[C@@H]1Cc2c([nH]c3ccccc23)CN1.Cl. The Kier molecular flexibility index (Phi) is 5.48. The largest absolute Gasteiger partial charge is 0.357 e. The Morgan fingerprint density at radius 1 is 1.36 bits per heavy atom. The number of H-pyrrole nitrogens is 1. The van der Waals surface area contributed by atoms with Gasteiger partial charge in [-0.1, -0.05) is 32.0 Å². The van der Waals surface area contributed by atoms with Crippen molar-refractivity contribution in [2.45, 2.75) is 39.3 Å². The van der Waals surface area contributed by atoms with Gasteiger partial charge in [-0.05, 0) is 30.4 Å². The highest BCUT2D eigenvalue weighted by atomic mass is 35.5. The van der Waals surface area contributed by atoms with Crippen LogP contribution in [0, 0.1) is 5.92 Å². The van der Waals surface area contributed by atoms with Crippen molar-refractivity contribution in [3.63, 3.8) is 0 Å². The number of para-hydroxylation sites is 1. The molecule has 0 saturated carbocycles. The molecule has 2 aromatic rings. The third-order valence-electron chi connectivity index (χ3n) is 4.17. The number of aromatic amines is 1. The highest BCUT2D eigenvalue weighted by Crippen LogP contribution is 2.26. The Bertz CT molecular complexity index is 650. The first kappa shape index (κ1) is 16.8. The van der Waals surface area contributed by atoms with Gasteiger partial charge in [0.2, 0.25) is 5.91 Å². The van der Waals surface area contributed by atoms with Crippen LogP contribution >= 0.6 is 12.4 Å². The maximum Gasteiger partial charge on any atom is 0.237 e. The third-order valence-corrected chi connectivity index (χ3v) is 4.17. The van der Waals surface area contributed by atoms with Gasteiger partial charge in [0.05, 0.1) is 6.04 Å². The zero-order valence-electron chi connectivity index (χ0n) is 13.1. The first-order chi connectivity index (χ1) is 10.1. The van der Waals surface area contributed by atoms with Crippen LogP contribution < -0.4 is 10.6 Å². The fourth-order valence-electron chi connectivity index (χ4n) is 2.93. The molecule has 1 aliphatic heterocycles. The minimum Gasteiger partial charge on any atom is -0.357 e. The van der Waals surface area contributed by atoms with Crippen LogP contribution in [0.3, 0.4) is 0 Å². The van der Waals surface area contributed by atoms with Crippen molar-refractivity contribution in [1.29, 1.82) is 0 Å². The number of rotatable bonds is 4. The summed E-state index contributed by atoms with van der Waals surface area (Å²) in [5.74, 6) is 0.733. The molecule has 22 heavy (non-hydrogen) atoms. The average molecular weight is 322 g/mol. The second-order valence-corrected chi connectivity index (χ2v) is 6.24. The molecule has 0 saturated heterocycles. The van der Waals surface area contributed by atoms with Gasteiger partial charge in [-0.3, -0.25) is 10.1 Å². The predicted octanol–water partition coefficient (Wildman–Crippen LogP) is 2.77. The maximum absolute atomic E-state index is 12.3. The van der Waals surface area contributed by atoms with Crippen molar-refractivity contribution >= 4 is 29.2 Å². The van der Waals surface area contributed by atoms with E-state index in [4.69, 9.17) is 0 Å². The molecule has 4 nitrogen and oxygen atoms in total. The van der Waals surface area contributed by atoms with Gasteiger partial charge in [-0.15, -0.1) is 12.4 Å². The molecule has 0 fully saturated rings. The number of benzene rings is 1. The van der Waals surface area contributed by atoms with Crippen LogP contribution in [0.25, 0.3) is 10.9 Å². The first-order valence-electron chi connectivity index (χ1n) is 7.74. The number of halogens is 1. The van der Waals surface area contributed by atoms with Crippen LogP contribution in [-0.4, -0.2) is 23.5 Å². The van der Waals surface area contributed by atoms with Crippen molar-refractivity contribution in [2.24, 2.45) is 5.92 Å². The Labute approximate surface area is 137 Å². The minimum atomic E-state index is -0.121. The molecule has 3 N–H and O–H groups in total. The number of hydrogen-bond acceptors (Lipinski definition) is 2. The predicted molar refractivity (Wildman–Crippen MR) is 92.3 cm³/mol. The summed E-state index contributed by atoms with van der Waals surface area (Å²) >= 11 is 0. The highest BCUT2D eigenvalue weighted by Gasteiger charge is 2.26. The number of aromatic nitrogens is 1. The lowest BCUT2D eigenvalue weighted by Gasteiger charge is -2.23. The Morgan fingerprint density at radius 3 is 2.91 bits per heavy atom. The van der Waals surface area contributed by atoms with E-state index in [2.05, 4.69) is 47.7 Å². The van der Waals surface area contributed by atoms with Crippen LogP contribution in [-0.2, 0) is 17.8 Å². The summed E-state index contributed by atoms with van der Waals surface area (Å²) in [7, 11) is 0. The van der Waals surface area contributed by atoms with Gasteiger partial charge in [-0.2, -0.15) is 0 Å². The number of amides is 1. The van der Waals surface area contributed by atoms with Gasteiger partial charge < -0.3 is 10.3 Å². The zero-order chi connectivity index (χ0) is 14.8. The van der Waals surface area contributed by atoms with Crippen LogP contribution in [0.2, 0.25) is 0 Å². The number of hydrogen-bond donors (Lipinski definition) is 3. The van der Waals surface area contributed by atoms with Gasteiger partial charge in [0.15, 0.2) is 0 Å². The second kappa shape index (κ2) is 7.16. The van der Waals surface area contributed by atoms with E-state index in [1.54, 1.807) is 0 Å². The Morgan fingerprint density at radius 2 is 2.14 bits per heavy atom. The fourth-order valence-corrected chi connectivity index (χ4v) is 2.93. The molecule has 1 aromatic carbocycles. The molecule has 120 valence electrons. The number of fused-ring (bicyclic) bond motifs is 3. The summed E-state index contributed by atoms with van der Waals surface area (Å²) < 4.78 is 0. The fraction of sp³-hybridized carbons (Fsp3) is 0.471. The highest BCUT2D eigenvalue weighted by molar-refractivity contribution is 5.88. The molecular weight excluding hydrogens is 298 g/mol. The van der Waals surface area contributed by atoms with Crippen LogP contribution in [0.5, 0.6) is 0 Å². The molecule has 0 radical (unpaired) electrons. The lowest BCUT2D eigenvalue weighted by molar-refractivity contribution is -0.123. The number of carbonyl (C=O) groups excluding carboxylic acids is 1. The molecule has 1 aromatic heterocycles. The van der Waals surface area contributed by atoms with E-state index in [0.717, 1.165) is 31.4 Å². The van der Waals surface area contributed by atoms with Crippen LogP contribution in [0.4, 0.5) is 0 Å². The molecular formula is C17H24ClN3O. The smallest absolute Gasteiger partial charge is 0.237 e. The lowest BCUT2D eigenvalue weighted by atomic mass is 9.98. The van der Waals surface area contributed by atoms with E-state index in [9.17, 15) is 4.79 Å². The molecule has 0 aliphatic carbocycles. The van der Waals surface area contributed by atoms with Crippen molar-refractivity contribution in [3.8, 4) is 0 Å². The Balaban J connectivity index is 0.00000176. The maximum atomic E-state index is 12.3. The lowest BCUT2D eigenvalue weighted by Crippen LogP contribution is -2.47. The van der Waals surface area contributed by atoms with E-state index in [0.29, 0.717) is 5.92 Å². The molecule has 1 amide bonds. The van der Waals surface area contributed by atoms with Crippen molar-refractivity contribution in [3.05, 3.63) is 35.5 Å². The van der Waals surface area contributed by atoms with E-state index in [1.165, 1.54) is 16.6 Å². The molecule has 3 rings (SSSR count). The molecule has 2 heterocycles. The standard InChI is InChI=1S/C17H23N3O.ClH/c1-11(2)7-8-18-17(21)15-9-13-12-5-3-4-6-14(12)20-16(13)10-19-15;/h3-6,11,15,19-20H,7-10H2,1-2H3,(H,18,21);1H/t15-;/m0./s1. The van der Waals surface area contributed by atoms with Crippen molar-refractivity contribution < 1.29 is 4.79 Å². The van der Waals surface area contributed by atoms with Gasteiger partial charge in [0, 0.05) is 29.7 Å². The summed E-state index contributed by atoms with van der Waals surface area (Å²) in [5.41, 5.74) is 3.65. The number of carbonyl (C=O) groups is 1. The summed E-state index contributed by atoms with van der Waals surface area (Å²) in [6.45, 7) is 5.83. The van der Waals surface area contributed by atoms with E-state index in [-0.39, 0.29) is 24.4 Å². The Hall–Kier alpha value is -1.52. The molecule has 5 heteroatoms.